The Bertz CT molecular complexity index is 762. The summed E-state index contributed by atoms with van der Waals surface area (Å²) in [5.74, 6) is 5.32. The summed E-state index contributed by atoms with van der Waals surface area (Å²) in [5.41, 5.74) is 0. The topological polar surface area (TPSA) is 9.23 Å². The molecule has 0 aliphatic carbocycles. The predicted octanol–water partition coefficient (Wildman–Crippen LogP) is 7.45. The summed E-state index contributed by atoms with van der Waals surface area (Å²) in [5, 5.41) is 3.52. The molecule has 28 heavy (non-hydrogen) atoms. The number of ether oxygens (including phenoxy) is 1. The number of rotatable bonds is 5. The lowest BCUT2D eigenvalue weighted by Crippen LogP contribution is -2.09. The molecule has 0 bridgehead atoms. The molecule has 1 nitrogen and oxygen atoms in total. The summed E-state index contributed by atoms with van der Waals surface area (Å²) in [7, 11) is -6.19. The van der Waals surface area contributed by atoms with E-state index in [1.54, 1.807) is 0 Å². The summed E-state index contributed by atoms with van der Waals surface area (Å²) < 4.78 is 45.0. The Labute approximate surface area is 166 Å². The first-order valence-corrected chi connectivity index (χ1v) is 10.6. The first kappa shape index (κ1) is 22.2. The van der Waals surface area contributed by atoms with Crippen molar-refractivity contribution in [1.82, 2.24) is 0 Å². The molecule has 0 atom stereocenters. The minimum atomic E-state index is -6.00. The third-order valence-corrected chi connectivity index (χ3v) is 5.84. The van der Waals surface area contributed by atoms with Crippen molar-refractivity contribution in [2.45, 2.75) is 55.2 Å². The second-order valence-corrected chi connectivity index (χ2v) is 7.94. The van der Waals surface area contributed by atoms with E-state index >= 15 is 0 Å². The van der Waals surface area contributed by atoms with Crippen LogP contribution in [0.3, 0.4) is 0 Å². The maximum Gasteiger partial charge on any atom is 0.673 e. The van der Waals surface area contributed by atoms with Gasteiger partial charge in [0.1, 0.15) is 0 Å². The Balaban J connectivity index is 0.000000500. The van der Waals surface area contributed by atoms with Crippen LogP contribution < -0.4 is 4.74 Å². The average Bonchev–Trinajstić information content (AvgIpc) is 2.65. The highest BCUT2D eigenvalue weighted by Gasteiger charge is 2.36. The molecule has 0 radical (unpaired) electrons. The Hall–Kier alpha value is -2.07. The van der Waals surface area contributed by atoms with Crippen molar-refractivity contribution < 1.29 is 22.0 Å². The molecule has 1 aliphatic rings. The second kappa shape index (κ2) is 11.1. The van der Waals surface area contributed by atoms with Crippen molar-refractivity contribution in [1.29, 1.82) is 0 Å². The van der Waals surface area contributed by atoms with Crippen LogP contribution in [0.2, 0.25) is 0 Å². The maximum absolute atomic E-state index is 9.75. The number of halogens is 4. The second-order valence-electron chi connectivity index (χ2n) is 6.24. The minimum absolute atomic E-state index is 0.189. The molecule has 0 saturated heterocycles. The highest BCUT2D eigenvalue weighted by Crippen LogP contribution is 2.43. The molecule has 1 heterocycles. The van der Waals surface area contributed by atoms with Gasteiger partial charge in [0.2, 0.25) is 9.79 Å². The van der Waals surface area contributed by atoms with Crippen molar-refractivity contribution in [2.75, 3.05) is 0 Å². The molecule has 0 fully saturated rings. The lowest BCUT2D eigenvalue weighted by Gasteiger charge is -2.16. The van der Waals surface area contributed by atoms with Crippen LogP contribution in [0.25, 0.3) is 0 Å². The van der Waals surface area contributed by atoms with Gasteiger partial charge in [0, 0.05) is 6.42 Å². The number of fused-ring (bicyclic) bond motifs is 2. The van der Waals surface area contributed by atoms with Gasteiger partial charge in [-0.1, -0.05) is 56.9 Å². The fraction of sp³-hybridized carbons (Fsp3) is 0.333. The molecule has 1 aliphatic heterocycles. The van der Waals surface area contributed by atoms with Gasteiger partial charge in [-0.2, -0.15) is 0 Å². The van der Waals surface area contributed by atoms with E-state index in [9.17, 15) is 17.3 Å². The Morgan fingerprint density at radius 3 is 1.86 bits per heavy atom. The van der Waals surface area contributed by atoms with E-state index in [2.05, 4.69) is 42.4 Å². The Morgan fingerprint density at radius 1 is 0.821 bits per heavy atom. The smallest absolute Gasteiger partial charge is 0.447 e. The number of benzene rings is 2. The van der Waals surface area contributed by atoms with E-state index in [0.29, 0.717) is 0 Å². The summed E-state index contributed by atoms with van der Waals surface area (Å²) >= 11 is 0. The van der Waals surface area contributed by atoms with Crippen molar-refractivity contribution in [3.05, 3.63) is 48.5 Å². The van der Waals surface area contributed by atoms with Gasteiger partial charge in [0.05, 0.1) is 0 Å². The molecule has 2 aromatic rings. The number of hydrogen-bond donors (Lipinski definition) is 0. The molecular weight excluding hydrogens is 387 g/mol. The van der Waals surface area contributed by atoms with E-state index in [-0.39, 0.29) is 10.9 Å². The average molecular weight is 410 g/mol. The van der Waals surface area contributed by atoms with Gasteiger partial charge < -0.3 is 22.0 Å². The van der Waals surface area contributed by atoms with Crippen LogP contribution in [-0.2, 0) is 10.9 Å². The number of unbranched alkanes of at least 4 members (excludes halogenated alkanes) is 5. The van der Waals surface area contributed by atoms with E-state index in [1.165, 1.54) is 41.9 Å². The molecule has 2 aromatic carbocycles. The zero-order valence-electron chi connectivity index (χ0n) is 15.8. The maximum atomic E-state index is 9.75. The van der Waals surface area contributed by atoms with Gasteiger partial charge in [0.25, 0.3) is 0 Å². The quantitative estimate of drug-likeness (QED) is 0.164. The zero-order chi connectivity index (χ0) is 20.4. The lowest BCUT2D eigenvalue weighted by atomic mass is 10.1. The Morgan fingerprint density at radius 2 is 1.32 bits per heavy atom. The van der Waals surface area contributed by atoms with Gasteiger partial charge in [0.15, 0.2) is 27.6 Å². The normalized spacial score (nSPS) is 12.5. The van der Waals surface area contributed by atoms with Crippen LogP contribution in [0, 0.1) is 11.2 Å². The zero-order valence-corrected chi connectivity index (χ0v) is 16.6. The largest absolute Gasteiger partial charge is 0.673 e. The standard InChI is InChI=1S/C21H23OS.BF4/c1-2-3-4-5-6-7-12-17-23-20-15-10-8-13-18(20)22-19-14-9-11-16-21(19)23;2-1(3,4)5/h8-11,13-16H,2-7H2,1H3;/q+1;-1. The lowest BCUT2D eigenvalue weighted by molar-refractivity contribution is 0.368. The molecule has 7 heteroatoms. The van der Waals surface area contributed by atoms with E-state index in [0.717, 1.165) is 17.9 Å². The molecule has 0 N–H and O–H groups in total. The summed E-state index contributed by atoms with van der Waals surface area (Å²) in [4.78, 5) is 2.43. The number of hydrogen-bond acceptors (Lipinski definition) is 1. The molecule has 0 saturated carbocycles. The molecular formula is C21H23BF4OS. The number of para-hydroxylation sites is 2. The highest BCUT2D eigenvalue weighted by atomic mass is 32.2. The van der Waals surface area contributed by atoms with Gasteiger partial charge >= 0.3 is 7.25 Å². The van der Waals surface area contributed by atoms with Crippen molar-refractivity contribution in [3.8, 4) is 22.7 Å². The van der Waals surface area contributed by atoms with Crippen LogP contribution >= 0.6 is 0 Å². The minimum Gasteiger partial charge on any atom is -0.447 e. The van der Waals surface area contributed by atoms with Gasteiger partial charge in [-0.05, 0) is 36.6 Å². The van der Waals surface area contributed by atoms with Crippen LogP contribution in [0.5, 0.6) is 11.5 Å². The third-order valence-electron chi connectivity index (χ3n) is 3.94. The third kappa shape index (κ3) is 7.51. The summed E-state index contributed by atoms with van der Waals surface area (Å²) in [6, 6.07) is 16.6. The molecule has 0 unspecified atom stereocenters. The molecule has 150 valence electrons. The van der Waals surface area contributed by atoms with E-state index in [1.807, 2.05) is 24.3 Å². The van der Waals surface area contributed by atoms with Crippen LogP contribution in [0.4, 0.5) is 17.3 Å². The first-order valence-electron chi connectivity index (χ1n) is 9.36. The van der Waals surface area contributed by atoms with Crippen LogP contribution in [-0.4, -0.2) is 7.25 Å². The fourth-order valence-electron chi connectivity index (χ4n) is 2.69. The molecule has 0 aromatic heterocycles. The van der Waals surface area contributed by atoms with Crippen molar-refractivity contribution in [2.24, 2.45) is 0 Å². The monoisotopic (exact) mass is 410 g/mol. The highest BCUT2D eigenvalue weighted by molar-refractivity contribution is 8.01. The summed E-state index contributed by atoms with van der Waals surface area (Å²) in [6.45, 7) is 2.25. The van der Waals surface area contributed by atoms with E-state index < -0.39 is 7.25 Å². The predicted molar refractivity (Wildman–Crippen MR) is 108 cm³/mol. The van der Waals surface area contributed by atoms with Gasteiger partial charge in [-0.3, -0.25) is 0 Å². The first-order chi connectivity index (χ1) is 13.4. The van der Waals surface area contributed by atoms with Crippen molar-refractivity contribution in [3.63, 3.8) is 0 Å². The van der Waals surface area contributed by atoms with Crippen LogP contribution in [0.15, 0.2) is 58.3 Å². The van der Waals surface area contributed by atoms with Gasteiger partial charge in [-0.15, -0.1) is 0 Å². The van der Waals surface area contributed by atoms with E-state index in [4.69, 9.17) is 4.74 Å². The van der Waals surface area contributed by atoms with Crippen molar-refractivity contribution >= 4 is 18.1 Å². The van der Waals surface area contributed by atoms with Gasteiger partial charge in [-0.25, -0.2) is 0 Å². The summed E-state index contributed by atoms with van der Waals surface area (Å²) in [6.07, 6.45) is 7.48. The molecule has 3 rings (SSSR count). The fourth-order valence-corrected chi connectivity index (χ4v) is 4.45. The Kier molecular flexibility index (Phi) is 8.78. The molecule has 0 amide bonds. The van der Waals surface area contributed by atoms with Crippen LogP contribution in [0.1, 0.15) is 45.4 Å². The molecule has 0 spiro atoms. The SMILES string of the molecule is CCCCCCCC#C[S+]1c2ccccc2Oc2ccccc21.F[B-](F)(F)F.